The van der Waals surface area contributed by atoms with Gasteiger partial charge in [0.1, 0.15) is 5.75 Å². The highest BCUT2D eigenvalue weighted by atomic mass is 16.5. The summed E-state index contributed by atoms with van der Waals surface area (Å²) in [5.41, 5.74) is 1.24. The van der Waals surface area contributed by atoms with Crippen LogP contribution in [-0.2, 0) is 0 Å². The van der Waals surface area contributed by atoms with Gasteiger partial charge < -0.3 is 9.84 Å². The Bertz CT molecular complexity index is 645. The number of rotatable bonds is 3. The zero-order valence-corrected chi connectivity index (χ0v) is 13.1. The second-order valence-electron chi connectivity index (χ2n) is 6.83. The van der Waals surface area contributed by atoms with Crippen molar-refractivity contribution in [2.45, 2.75) is 39.2 Å². The maximum atomic E-state index is 11.0. The van der Waals surface area contributed by atoms with Crippen molar-refractivity contribution in [3.05, 3.63) is 42.0 Å². The summed E-state index contributed by atoms with van der Waals surface area (Å²) in [4.78, 5) is 0. The largest absolute Gasteiger partial charge is 0.496 e. The molecule has 3 rings (SSSR count). The molecular formula is C19H24O2. The summed E-state index contributed by atoms with van der Waals surface area (Å²) < 4.78 is 5.45. The van der Waals surface area contributed by atoms with E-state index in [4.69, 9.17) is 4.74 Å². The summed E-state index contributed by atoms with van der Waals surface area (Å²) in [5, 5.41) is 13.2. The van der Waals surface area contributed by atoms with Crippen molar-refractivity contribution in [2.75, 3.05) is 7.11 Å². The van der Waals surface area contributed by atoms with Gasteiger partial charge in [-0.1, -0.05) is 50.6 Å². The van der Waals surface area contributed by atoms with E-state index in [1.54, 1.807) is 7.11 Å². The zero-order chi connectivity index (χ0) is 15.0. The third kappa shape index (κ3) is 2.42. The van der Waals surface area contributed by atoms with Gasteiger partial charge in [0.15, 0.2) is 0 Å². The Balaban J connectivity index is 2.09. The highest BCUT2D eigenvalue weighted by Crippen LogP contribution is 2.49. The fraction of sp³-hybridized carbons (Fsp3) is 0.474. The van der Waals surface area contributed by atoms with Crippen LogP contribution in [0.25, 0.3) is 10.8 Å². The summed E-state index contributed by atoms with van der Waals surface area (Å²) in [6, 6.07) is 12.2. The summed E-state index contributed by atoms with van der Waals surface area (Å²) in [7, 11) is 1.69. The first-order valence-corrected chi connectivity index (χ1v) is 7.78. The molecule has 2 heteroatoms. The van der Waals surface area contributed by atoms with Crippen LogP contribution in [0.15, 0.2) is 36.4 Å². The molecular weight excluding hydrogens is 260 g/mol. The topological polar surface area (TPSA) is 29.5 Å². The summed E-state index contributed by atoms with van der Waals surface area (Å²) in [5.74, 6) is 1.20. The van der Waals surface area contributed by atoms with E-state index in [0.29, 0.717) is 5.92 Å². The molecule has 1 aliphatic rings. The number of hydrogen-bond donors (Lipinski definition) is 1. The third-order valence-electron chi connectivity index (χ3n) is 5.18. The van der Waals surface area contributed by atoms with Crippen LogP contribution in [0.5, 0.6) is 5.75 Å². The molecule has 1 fully saturated rings. The minimum absolute atomic E-state index is 0.209. The van der Waals surface area contributed by atoms with Crippen LogP contribution in [-0.4, -0.2) is 12.2 Å². The molecule has 2 nitrogen and oxygen atoms in total. The van der Waals surface area contributed by atoms with E-state index >= 15 is 0 Å². The average Bonchev–Trinajstić information content (AvgIpc) is 2.85. The second kappa shape index (κ2) is 5.34. The molecule has 2 aromatic rings. The molecule has 2 unspecified atom stereocenters. The lowest BCUT2D eigenvalue weighted by Crippen LogP contribution is -2.24. The molecule has 0 bridgehead atoms. The van der Waals surface area contributed by atoms with Gasteiger partial charge in [-0.2, -0.15) is 0 Å². The monoisotopic (exact) mass is 284 g/mol. The molecule has 1 N–H and O–H groups in total. The maximum absolute atomic E-state index is 11.0. The van der Waals surface area contributed by atoms with Crippen LogP contribution in [0.4, 0.5) is 0 Å². The Labute approximate surface area is 126 Å². The first-order chi connectivity index (χ1) is 10.0. The standard InChI is InChI=1S/C19H24O2/c1-19(2)12-6-9-16(19)18(20)15-10-11-17(21-3)14-8-5-4-7-13(14)15/h4-5,7-8,10-11,16,18,20H,6,9,12H2,1-3H3. The summed E-state index contributed by atoms with van der Waals surface area (Å²) in [6.45, 7) is 4.55. The smallest absolute Gasteiger partial charge is 0.126 e. The number of aliphatic hydroxyl groups is 1. The van der Waals surface area contributed by atoms with E-state index in [0.717, 1.165) is 28.5 Å². The van der Waals surface area contributed by atoms with Crippen LogP contribution in [0.3, 0.4) is 0 Å². The van der Waals surface area contributed by atoms with Gasteiger partial charge in [0.2, 0.25) is 0 Å². The Morgan fingerprint density at radius 3 is 2.48 bits per heavy atom. The Morgan fingerprint density at radius 1 is 1.14 bits per heavy atom. The fourth-order valence-corrected chi connectivity index (χ4v) is 3.89. The van der Waals surface area contributed by atoms with Crippen molar-refractivity contribution < 1.29 is 9.84 Å². The van der Waals surface area contributed by atoms with Crippen LogP contribution in [0.2, 0.25) is 0 Å². The van der Waals surface area contributed by atoms with Crippen molar-refractivity contribution in [3.63, 3.8) is 0 Å². The molecule has 0 radical (unpaired) electrons. The van der Waals surface area contributed by atoms with E-state index < -0.39 is 6.10 Å². The predicted octanol–water partition coefficient (Wildman–Crippen LogP) is 4.71. The normalized spacial score (nSPS) is 22.4. The van der Waals surface area contributed by atoms with Gasteiger partial charge in [0.25, 0.3) is 0 Å². The Kier molecular flexibility index (Phi) is 3.66. The van der Waals surface area contributed by atoms with Crippen LogP contribution < -0.4 is 4.74 Å². The van der Waals surface area contributed by atoms with Gasteiger partial charge in [0, 0.05) is 5.39 Å². The molecule has 2 aromatic carbocycles. The van der Waals surface area contributed by atoms with E-state index in [2.05, 4.69) is 26.0 Å². The van der Waals surface area contributed by atoms with Gasteiger partial charge in [0.05, 0.1) is 13.2 Å². The van der Waals surface area contributed by atoms with Gasteiger partial charge in [-0.25, -0.2) is 0 Å². The summed E-state index contributed by atoms with van der Waals surface area (Å²) >= 11 is 0. The number of methoxy groups -OCH3 is 1. The lowest BCUT2D eigenvalue weighted by Gasteiger charge is -2.32. The molecule has 0 spiro atoms. The highest BCUT2D eigenvalue weighted by Gasteiger charge is 2.39. The van der Waals surface area contributed by atoms with Crippen molar-refractivity contribution in [3.8, 4) is 5.75 Å². The number of aliphatic hydroxyl groups excluding tert-OH is 1. The molecule has 1 saturated carbocycles. The summed E-state index contributed by atoms with van der Waals surface area (Å²) in [6.07, 6.45) is 3.11. The lowest BCUT2D eigenvalue weighted by atomic mass is 9.76. The van der Waals surface area contributed by atoms with Gasteiger partial charge in [-0.15, -0.1) is 0 Å². The zero-order valence-electron chi connectivity index (χ0n) is 13.1. The van der Waals surface area contributed by atoms with Gasteiger partial charge in [-0.3, -0.25) is 0 Å². The molecule has 1 aliphatic carbocycles. The number of ether oxygens (including phenoxy) is 1. The van der Waals surface area contributed by atoms with Crippen LogP contribution >= 0.6 is 0 Å². The highest BCUT2D eigenvalue weighted by molar-refractivity contribution is 5.91. The minimum Gasteiger partial charge on any atom is -0.496 e. The molecule has 0 saturated heterocycles. The van der Waals surface area contributed by atoms with Crippen molar-refractivity contribution in [1.29, 1.82) is 0 Å². The predicted molar refractivity (Wildman–Crippen MR) is 86.6 cm³/mol. The van der Waals surface area contributed by atoms with Crippen molar-refractivity contribution >= 4 is 10.8 Å². The van der Waals surface area contributed by atoms with Crippen LogP contribution in [0, 0.1) is 11.3 Å². The molecule has 0 aromatic heterocycles. The molecule has 21 heavy (non-hydrogen) atoms. The second-order valence-corrected chi connectivity index (χ2v) is 6.83. The molecule has 0 aliphatic heterocycles. The SMILES string of the molecule is COc1ccc(C(O)C2CCCC2(C)C)c2ccccc12. The third-order valence-corrected chi connectivity index (χ3v) is 5.18. The molecule has 2 atom stereocenters. The van der Waals surface area contributed by atoms with Gasteiger partial charge >= 0.3 is 0 Å². The van der Waals surface area contributed by atoms with E-state index in [-0.39, 0.29) is 5.41 Å². The number of benzene rings is 2. The van der Waals surface area contributed by atoms with Crippen molar-refractivity contribution in [1.82, 2.24) is 0 Å². The minimum atomic E-state index is -0.404. The van der Waals surface area contributed by atoms with E-state index in [1.807, 2.05) is 24.3 Å². The first kappa shape index (κ1) is 14.4. The Morgan fingerprint density at radius 2 is 1.86 bits per heavy atom. The van der Waals surface area contributed by atoms with E-state index in [9.17, 15) is 5.11 Å². The average molecular weight is 284 g/mol. The fourth-order valence-electron chi connectivity index (χ4n) is 3.89. The number of hydrogen-bond acceptors (Lipinski definition) is 2. The maximum Gasteiger partial charge on any atom is 0.126 e. The van der Waals surface area contributed by atoms with Crippen LogP contribution in [0.1, 0.15) is 44.8 Å². The lowest BCUT2D eigenvalue weighted by molar-refractivity contribution is 0.0542. The Hall–Kier alpha value is -1.54. The quantitative estimate of drug-likeness (QED) is 0.884. The molecule has 112 valence electrons. The number of fused-ring (bicyclic) bond motifs is 1. The first-order valence-electron chi connectivity index (χ1n) is 7.78. The molecule has 0 amide bonds. The van der Waals surface area contributed by atoms with Gasteiger partial charge in [-0.05, 0) is 41.2 Å². The van der Waals surface area contributed by atoms with E-state index in [1.165, 1.54) is 12.8 Å². The van der Waals surface area contributed by atoms with Crippen molar-refractivity contribution in [2.24, 2.45) is 11.3 Å². The molecule has 0 heterocycles.